The van der Waals surface area contributed by atoms with E-state index in [1.807, 2.05) is 6.07 Å². The van der Waals surface area contributed by atoms with Gasteiger partial charge >= 0.3 is 12.1 Å². The maximum absolute atomic E-state index is 12.0. The van der Waals surface area contributed by atoms with E-state index >= 15 is 0 Å². The number of likely N-dealkylation sites (N-methyl/N-ethyl adjacent to an activating group) is 1. The van der Waals surface area contributed by atoms with Crippen LogP contribution in [0.3, 0.4) is 0 Å². The minimum Gasteiger partial charge on any atom is -0.475 e. The molecule has 0 spiro atoms. The number of alkyl halides is 3. The van der Waals surface area contributed by atoms with Crippen LogP contribution in [0.5, 0.6) is 0 Å². The molecule has 1 amide bonds. The van der Waals surface area contributed by atoms with Crippen LogP contribution in [0.4, 0.5) is 13.2 Å². The number of rotatable bonds is 8. The first-order valence-electron chi connectivity index (χ1n) is 10.4. The van der Waals surface area contributed by atoms with Gasteiger partial charge in [0.1, 0.15) is 0 Å². The van der Waals surface area contributed by atoms with Gasteiger partial charge in [-0.2, -0.15) is 13.2 Å². The van der Waals surface area contributed by atoms with E-state index in [0.717, 1.165) is 56.7 Å². The zero-order chi connectivity index (χ0) is 23.4. The molecule has 1 aliphatic rings. The normalized spacial score (nSPS) is 15.2. The molecule has 4 N–H and O–H groups in total. The highest BCUT2D eigenvalue weighted by Gasteiger charge is 2.38. The number of hydrazine groups is 1. The van der Waals surface area contributed by atoms with E-state index in [1.54, 1.807) is 0 Å². The van der Waals surface area contributed by atoms with Crippen molar-refractivity contribution in [2.75, 3.05) is 33.2 Å². The maximum Gasteiger partial charge on any atom is 0.490 e. The Labute approximate surface area is 181 Å². The van der Waals surface area contributed by atoms with Crippen molar-refractivity contribution in [2.45, 2.75) is 51.7 Å². The number of nitrogens with two attached hydrogens (primary N) is 1. The molecule has 0 aromatic heterocycles. The predicted octanol–water partition coefficient (Wildman–Crippen LogP) is 2.79. The zero-order valence-electron chi connectivity index (χ0n) is 18.2. The van der Waals surface area contributed by atoms with E-state index in [-0.39, 0.29) is 5.91 Å². The minimum absolute atomic E-state index is 0.188. The summed E-state index contributed by atoms with van der Waals surface area (Å²) in [5, 5.41) is 7.12. The van der Waals surface area contributed by atoms with Gasteiger partial charge in [-0.25, -0.2) is 10.6 Å². The third kappa shape index (κ3) is 10.1. The molecule has 0 atom stereocenters. The van der Waals surface area contributed by atoms with Crippen molar-refractivity contribution in [3.63, 3.8) is 0 Å². The molecule has 1 heterocycles. The number of halogens is 3. The van der Waals surface area contributed by atoms with Crippen molar-refractivity contribution in [3.05, 3.63) is 34.9 Å². The Morgan fingerprint density at radius 2 is 1.74 bits per heavy atom. The number of piperazine rings is 1. The molecule has 1 aliphatic heterocycles. The van der Waals surface area contributed by atoms with Crippen LogP contribution in [0.2, 0.25) is 0 Å². The number of carbonyl (C=O) groups excluding carboxylic acids is 1. The number of nitrogen functional groups attached to an aromatic ring is 1. The first-order valence-corrected chi connectivity index (χ1v) is 10.4. The second kappa shape index (κ2) is 13.3. The number of aryl methyl sites for hydroxylation is 1. The van der Waals surface area contributed by atoms with Crippen LogP contribution >= 0.6 is 0 Å². The van der Waals surface area contributed by atoms with E-state index in [4.69, 9.17) is 15.7 Å². The molecular weight excluding hydrogens is 413 g/mol. The first kappa shape index (κ1) is 26.9. The Hall–Kier alpha value is -2.17. The lowest BCUT2D eigenvalue weighted by Gasteiger charge is -2.32. The molecular formula is C21H33F3N4O3. The summed E-state index contributed by atoms with van der Waals surface area (Å²) in [6, 6.07) is 6.20. The standard InChI is InChI=1S/C19H32N4O.C2HF3O2/c1-3-4-5-6-7-17-14-16(8-9-18(17)19(24)21-20)15-23-12-10-22(2)11-13-23;3-2(4,5)1(6)7/h8-9,14H,3-7,10-13,15,20H2,1-2H3,(H,21,24);(H,6,7). The summed E-state index contributed by atoms with van der Waals surface area (Å²) in [7, 11) is 2.17. The SMILES string of the molecule is CCCCCCc1cc(CN2CCN(C)CC2)ccc1C(=O)NN.O=C(O)C(F)(F)F. The van der Waals surface area contributed by atoms with Gasteiger partial charge in [-0.15, -0.1) is 0 Å². The lowest BCUT2D eigenvalue weighted by molar-refractivity contribution is -0.192. The monoisotopic (exact) mass is 446 g/mol. The van der Waals surface area contributed by atoms with Gasteiger partial charge in [-0.05, 0) is 37.1 Å². The van der Waals surface area contributed by atoms with Crippen molar-refractivity contribution in [1.82, 2.24) is 15.2 Å². The average molecular weight is 447 g/mol. The largest absolute Gasteiger partial charge is 0.490 e. The lowest BCUT2D eigenvalue weighted by atomic mass is 9.97. The van der Waals surface area contributed by atoms with E-state index < -0.39 is 12.1 Å². The van der Waals surface area contributed by atoms with Crippen LogP contribution in [0.25, 0.3) is 0 Å². The van der Waals surface area contributed by atoms with E-state index in [2.05, 4.69) is 41.3 Å². The number of nitrogens with zero attached hydrogens (tertiary/aromatic N) is 2. The van der Waals surface area contributed by atoms with Crippen LogP contribution in [-0.2, 0) is 17.8 Å². The zero-order valence-corrected chi connectivity index (χ0v) is 18.2. The number of amides is 1. The van der Waals surface area contributed by atoms with Crippen molar-refractivity contribution >= 4 is 11.9 Å². The van der Waals surface area contributed by atoms with Gasteiger partial charge in [-0.3, -0.25) is 15.1 Å². The fourth-order valence-corrected chi connectivity index (χ4v) is 3.26. The molecule has 0 radical (unpaired) electrons. The summed E-state index contributed by atoms with van der Waals surface area (Å²) >= 11 is 0. The van der Waals surface area contributed by atoms with E-state index in [1.165, 1.54) is 24.8 Å². The van der Waals surface area contributed by atoms with Crippen LogP contribution in [-0.4, -0.2) is 66.2 Å². The van der Waals surface area contributed by atoms with Crippen molar-refractivity contribution < 1.29 is 27.9 Å². The smallest absolute Gasteiger partial charge is 0.475 e. The number of unbranched alkanes of at least 4 members (excludes halogenated alkanes) is 3. The molecule has 31 heavy (non-hydrogen) atoms. The number of hydrogen-bond donors (Lipinski definition) is 3. The molecule has 7 nitrogen and oxygen atoms in total. The molecule has 1 aromatic carbocycles. The van der Waals surface area contributed by atoms with Crippen LogP contribution in [0.15, 0.2) is 18.2 Å². The van der Waals surface area contributed by atoms with Gasteiger partial charge in [0.25, 0.3) is 5.91 Å². The van der Waals surface area contributed by atoms with E-state index in [0.29, 0.717) is 0 Å². The fraction of sp³-hybridized carbons (Fsp3) is 0.619. The highest BCUT2D eigenvalue weighted by molar-refractivity contribution is 5.95. The molecule has 1 aromatic rings. The highest BCUT2D eigenvalue weighted by Crippen LogP contribution is 2.18. The minimum atomic E-state index is -5.08. The Balaban J connectivity index is 0.000000592. The van der Waals surface area contributed by atoms with Crippen molar-refractivity contribution in [2.24, 2.45) is 5.84 Å². The number of benzene rings is 1. The van der Waals surface area contributed by atoms with Gasteiger partial charge in [0.05, 0.1) is 0 Å². The molecule has 1 fully saturated rings. The quantitative estimate of drug-likeness (QED) is 0.246. The van der Waals surface area contributed by atoms with Crippen LogP contribution < -0.4 is 11.3 Å². The number of carboxylic acids is 1. The lowest BCUT2D eigenvalue weighted by Crippen LogP contribution is -2.43. The molecule has 2 rings (SSSR count). The first-order chi connectivity index (χ1) is 14.6. The predicted molar refractivity (Wildman–Crippen MR) is 112 cm³/mol. The third-order valence-corrected chi connectivity index (χ3v) is 5.09. The third-order valence-electron chi connectivity index (χ3n) is 5.09. The fourth-order valence-electron chi connectivity index (χ4n) is 3.26. The number of carbonyl (C=O) groups is 2. The topological polar surface area (TPSA) is 98.9 Å². The Morgan fingerprint density at radius 1 is 1.13 bits per heavy atom. The molecule has 1 saturated heterocycles. The van der Waals surface area contributed by atoms with Crippen LogP contribution in [0.1, 0.15) is 54.1 Å². The van der Waals surface area contributed by atoms with Gasteiger partial charge in [0.2, 0.25) is 0 Å². The number of aliphatic carboxylic acids is 1. The Kier molecular flexibility index (Phi) is 11.5. The van der Waals surface area contributed by atoms with E-state index in [9.17, 15) is 18.0 Å². The molecule has 0 bridgehead atoms. The second-order valence-corrected chi connectivity index (χ2v) is 7.66. The second-order valence-electron chi connectivity index (χ2n) is 7.66. The Morgan fingerprint density at radius 3 is 2.26 bits per heavy atom. The molecule has 10 heteroatoms. The van der Waals surface area contributed by atoms with Crippen molar-refractivity contribution in [1.29, 1.82) is 0 Å². The molecule has 0 aliphatic carbocycles. The Bertz CT molecular complexity index is 706. The summed E-state index contributed by atoms with van der Waals surface area (Å²) in [6.07, 6.45) is 0.665. The average Bonchev–Trinajstić information content (AvgIpc) is 2.72. The molecule has 0 saturated carbocycles. The summed E-state index contributed by atoms with van der Waals surface area (Å²) in [5.74, 6) is 2.39. The highest BCUT2D eigenvalue weighted by atomic mass is 19.4. The number of nitrogens with one attached hydrogen (secondary N) is 1. The van der Waals surface area contributed by atoms with Crippen LogP contribution in [0, 0.1) is 0 Å². The maximum atomic E-state index is 12.0. The summed E-state index contributed by atoms with van der Waals surface area (Å²) in [5.41, 5.74) is 5.41. The summed E-state index contributed by atoms with van der Waals surface area (Å²) < 4.78 is 31.7. The van der Waals surface area contributed by atoms with Gasteiger partial charge in [0.15, 0.2) is 0 Å². The number of hydrogen-bond acceptors (Lipinski definition) is 5. The van der Waals surface area contributed by atoms with Gasteiger partial charge < -0.3 is 10.0 Å². The summed E-state index contributed by atoms with van der Waals surface area (Å²) in [4.78, 5) is 25.8. The summed E-state index contributed by atoms with van der Waals surface area (Å²) in [6.45, 7) is 7.63. The van der Waals surface area contributed by atoms with Gasteiger partial charge in [0, 0.05) is 38.3 Å². The number of carboxylic acid groups (broad SMARTS) is 1. The van der Waals surface area contributed by atoms with Crippen molar-refractivity contribution in [3.8, 4) is 0 Å². The van der Waals surface area contributed by atoms with Gasteiger partial charge in [-0.1, -0.05) is 38.3 Å². The molecule has 176 valence electrons. The molecule has 0 unspecified atom stereocenters.